The van der Waals surface area contributed by atoms with Gasteiger partial charge in [-0.3, -0.25) is 9.20 Å². The molecule has 4 heterocycles. The number of likely N-dealkylation sites (tertiary alicyclic amines) is 1. The van der Waals surface area contributed by atoms with E-state index in [2.05, 4.69) is 39.8 Å². The molecule has 0 unspecified atom stereocenters. The SMILES string of the molecule is Cc1nc(C2(c3ccccc3)CCN(C(=O)c3cccn4cnnc34)CC2)cs1. The van der Waals surface area contributed by atoms with Crippen LogP contribution in [0.5, 0.6) is 0 Å². The molecule has 6 nitrogen and oxygen atoms in total. The van der Waals surface area contributed by atoms with Gasteiger partial charge in [-0.2, -0.15) is 0 Å². The van der Waals surface area contributed by atoms with Crippen LogP contribution in [0.25, 0.3) is 5.65 Å². The van der Waals surface area contributed by atoms with Crippen molar-refractivity contribution in [3.63, 3.8) is 0 Å². The number of pyridine rings is 1. The molecule has 29 heavy (non-hydrogen) atoms. The molecule has 5 rings (SSSR count). The fourth-order valence-corrected chi connectivity index (χ4v) is 5.02. The number of hydrogen-bond acceptors (Lipinski definition) is 5. The van der Waals surface area contributed by atoms with Gasteiger partial charge in [-0.1, -0.05) is 30.3 Å². The molecule has 146 valence electrons. The molecule has 1 aliphatic rings. The second-order valence-corrected chi connectivity index (χ2v) is 8.54. The van der Waals surface area contributed by atoms with Crippen molar-refractivity contribution >= 4 is 22.9 Å². The molecule has 0 radical (unpaired) electrons. The lowest BCUT2D eigenvalue weighted by molar-refractivity contribution is 0.0685. The molecule has 0 saturated carbocycles. The third-order valence-electron chi connectivity index (χ3n) is 5.89. The Morgan fingerprint density at radius 1 is 1.10 bits per heavy atom. The van der Waals surface area contributed by atoms with E-state index in [9.17, 15) is 4.79 Å². The summed E-state index contributed by atoms with van der Waals surface area (Å²) in [4.78, 5) is 20.0. The lowest BCUT2D eigenvalue weighted by Gasteiger charge is -2.41. The molecular formula is C22H21N5OS. The van der Waals surface area contributed by atoms with Crippen LogP contribution in [0.3, 0.4) is 0 Å². The molecule has 0 bridgehead atoms. The number of benzene rings is 1. The highest BCUT2D eigenvalue weighted by atomic mass is 32.1. The molecule has 0 N–H and O–H groups in total. The number of nitrogens with zero attached hydrogens (tertiary/aromatic N) is 5. The van der Waals surface area contributed by atoms with Gasteiger partial charge in [0, 0.05) is 30.1 Å². The van der Waals surface area contributed by atoms with Crippen LogP contribution in [-0.2, 0) is 5.41 Å². The molecule has 0 atom stereocenters. The summed E-state index contributed by atoms with van der Waals surface area (Å²) in [5.41, 5.74) is 3.45. The molecule has 0 aliphatic carbocycles. The van der Waals surface area contributed by atoms with Crippen LogP contribution in [-0.4, -0.2) is 43.5 Å². The first kappa shape index (κ1) is 18.0. The van der Waals surface area contributed by atoms with Crippen LogP contribution < -0.4 is 0 Å². The van der Waals surface area contributed by atoms with Crippen molar-refractivity contribution in [2.24, 2.45) is 0 Å². The van der Waals surface area contributed by atoms with Crippen LogP contribution in [0.4, 0.5) is 0 Å². The number of carbonyl (C=O) groups excluding carboxylic acids is 1. The van der Waals surface area contributed by atoms with Crippen LogP contribution in [0.2, 0.25) is 0 Å². The average Bonchev–Trinajstić information content (AvgIpc) is 3.43. The van der Waals surface area contributed by atoms with Crippen molar-refractivity contribution in [1.29, 1.82) is 0 Å². The molecule has 1 saturated heterocycles. The number of rotatable bonds is 3. The Balaban J connectivity index is 1.45. The van der Waals surface area contributed by atoms with E-state index in [0.29, 0.717) is 24.3 Å². The molecule has 1 aromatic carbocycles. The summed E-state index contributed by atoms with van der Waals surface area (Å²) in [6.45, 7) is 3.41. The highest BCUT2D eigenvalue weighted by Gasteiger charge is 2.41. The number of amides is 1. The minimum atomic E-state index is -0.149. The molecule has 3 aromatic heterocycles. The Labute approximate surface area is 172 Å². The number of carbonyl (C=O) groups is 1. The van der Waals surface area contributed by atoms with Gasteiger partial charge < -0.3 is 4.90 Å². The van der Waals surface area contributed by atoms with Gasteiger partial charge in [-0.05, 0) is 37.5 Å². The summed E-state index contributed by atoms with van der Waals surface area (Å²) in [5, 5.41) is 11.3. The largest absolute Gasteiger partial charge is 0.338 e. The fraction of sp³-hybridized carbons (Fsp3) is 0.273. The number of aromatic nitrogens is 4. The Hall–Kier alpha value is -3.06. The van der Waals surface area contributed by atoms with E-state index in [0.717, 1.165) is 23.5 Å². The van der Waals surface area contributed by atoms with E-state index in [-0.39, 0.29) is 11.3 Å². The Morgan fingerprint density at radius 2 is 1.90 bits per heavy atom. The Kier molecular flexibility index (Phi) is 4.39. The van der Waals surface area contributed by atoms with Crippen molar-refractivity contribution in [3.05, 3.63) is 82.2 Å². The van der Waals surface area contributed by atoms with E-state index in [1.807, 2.05) is 36.2 Å². The average molecular weight is 404 g/mol. The van der Waals surface area contributed by atoms with Crippen molar-refractivity contribution < 1.29 is 4.79 Å². The van der Waals surface area contributed by atoms with Crippen molar-refractivity contribution in [3.8, 4) is 0 Å². The van der Waals surface area contributed by atoms with E-state index in [1.54, 1.807) is 22.1 Å². The Bertz CT molecular complexity index is 1160. The first-order valence-electron chi connectivity index (χ1n) is 9.73. The quantitative estimate of drug-likeness (QED) is 0.523. The predicted molar refractivity (Wildman–Crippen MR) is 112 cm³/mol. The minimum absolute atomic E-state index is 0.0136. The number of fused-ring (bicyclic) bond motifs is 1. The highest BCUT2D eigenvalue weighted by Crippen LogP contribution is 2.42. The van der Waals surface area contributed by atoms with Gasteiger partial charge in [0.15, 0.2) is 5.65 Å². The molecule has 4 aromatic rings. The topological polar surface area (TPSA) is 63.4 Å². The van der Waals surface area contributed by atoms with Gasteiger partial charge in [0.25, 0.3) is 5.91 Å². The molecule has 0 spiro atoms. The van der Waals surface area contributed by atoms with Crippen LogP contribution >= 0.6 is 11.3 Å². The normalized spacial score (nSPS) is 16.2. The van der Waals surface area contributed by atoms with Crippen molar-refractivity contribution in [2.75, 3.05) is 13.1 Å². The summed E-state index contributed by atoms with van der Waals surface area (Å²) < 4.78 is 1.78. The zero-order chi connectivity index (χ0) is 19.8. The molecule has 1 fully saturated rings. The maximum absolute atomic E-state index is 13.2. The maximum atomic E-state index is 13.2. The second kappa shape index (κ2) is 7.08. The van der Waals surface area contributed by atoms with Crippen LogP contribution in [0.15, 0.2) is 60.4 Å². The van der Waals surface area contributed by atoms with Crippen molar-refractivity contribution in [2.45, 2.75) is 25.2 Å². The number of aryl methyl sites for hydroxylation is 1. The van der Waals surface area contributed by atoms with Crippen LogP contribution in [0, 0.1) is 6.92 Å². The lowest BCUT2D eigenvalue weighted by Crippen LogP contribution is -2.46. The number of thiazole rings is 1. The highest BCUT2D eigenvalue weighted by molar-refractivity contribution is 7.09. The van der Waals surface area contributed by atoms with Gasteiger partial charge >= 0.3 is 0 Å². The molecule has 1 aliphatic heterocycles. The van der Waals surface area contributed by atoms with Gasteiger partial charge in [0.1, 0.15) is 6.33 Å². The first-order valence-corrected chi connectivity index (χ1v) is 10.6. The number of hydrogen-bond donors (Lipinski definition) is 0. The standard InChI is InChI=1S/C22H21N5OS/c1-16-24-19(14-29-16)22(17-6-3-2-4-7-17)9-12-26(13-10-22)21(28)18-8-5-11-27-15-23-25-20(18)27/h2-8,11,14-15H,9-10,12-13H2,1H3. The number of piperidine rings is 1. The third-order valence-corrected chi connectivity index (χ3v) is 6.67. The summed E-state index contributed by atoms with van der Waals surface area (Å²) in [5.74, 6) is 0.0136. The molecular weight excluding hydrogens is 382 g/mol. The summed E-state index contributed by atoms with van der Waals surface area (Å²) in [6.07, 6.45) is 5.17. The molecule has 7 heteroatoms. The molecule has 1 amide bonds. The first-order chi connectivity index (χ1) is 14.2. The van der Waals surface area contributed by atoms with E-state index in [4.69, 9.17) is 4.98 Å². The second-order valence-electron chi connectivity index (χ2n) is 7.48. The van der Waals surface area contributed by atoms with Gasteiger partial charge in [0.2, 0.25) is 0 Å². The zero-order valence-corrected chi connectivity index (χ0v) is 17.0. The van der Waals surface area contributed by atoms with Crippen LogP contribution in [0.1, 0.15) is 39.5 Å². The predicted octanol–water partition coefficient (Wildman–Crippen LogP) is 3.72. The van der Waals surface area contributed by atoms with Gasteiger partial charge in [-0.25, -0.2) is 4.98 Å². The lowest BCUT2D eigenvalue weighted by atomic mass is 9.70. The summed E-state index contributed by atoms with van der Waals surface area (Å²) in [7, 11) is 0. The van der Waals surface area contributed by atoms with Crippen molar-refractivity contribution in [1.82, 2.24) is 24.5 Å². The third kappa shape index (κ3) is 3.02. The summed E-state index contributed by atoms with van der Waals surface area (Å²) >= 11 is 1.69. The Morgan fingerprint density at radius 3 is 2.62 bits per heavy atom. The van der Waals surface area contributed by atoms with Gasteiger partial charge in [0.05, 0.1) is 16.3 Å². The minimum Gasteiger partial charge on any atom is -0.338 e. The smallest absolute Gasteiger partial charge is 0.257 e. The monoisotopic (exact) mass is 403 g/mol. The maximum Gasteiger partial charge on any atom is 0.257 e. The zero-order valence-electron chi connectivity index (χ0n) is 16.2. The van der Waals surface area contributed by atoms with E-state index >= 15 is 0 Å². The van der Waals surface area contributed by atoms with E-state index < -0.39 is 0 Å². The van der Waals surface area contributed by atoms with Gasteiger partial charge in [-0.15, -0.1) is 21.5 Å². The fourth-order valence-electron chi connectivity index (χ4n) is 4.31. The van der Waals surface area contributed by atoms with E-state index in [1.165, 1.54) is 5.56 Å². The summed E-state index contributed by atoms with van der Waals surface area (Å²) in [6, 6.07) is 14.3.